The van der Waals surface area contributed by atoms with Crippen LogP contribution in [0.4, 0.5) is 0 Å². The topological polar surface area (TPSA) is 35.5 Å². The van der Waals surface area contributed by atoms with E-state index in [0.29, 0.717) is 0 Å². The van der Waals surface area contributed by atoms with E-state index < -0.39 is 0 Å². The molecule has 3 heteroatoms. The van der Waals surface area contributed by atoms with Gasteiger partial charge in [-0.3, -0.25) is 4.79 Å². The van der Waals surface area contributed by atoms with Crippen molar-refractivity contribution in [2.45, 2.75) is 6.61 Å². The van der Waals surface area contributed by atoms with Crippen LogP contribution in [-0.4, -0.2) is 13.1 Å². The van der Waals surface area contributed by atoms with E-state index in [9.17, 15) is 4.79 Å². The summed E-state index contributed by atoms with van der Waals surface area (Å²) < 4.78 is 10.2. The van der Waals surface area contributed by atoms with E-state index in [1.165, 1.54) is 6.42 Å². The number of ether oxygens (including phenoxy) is 2. The van der Waals surface area contributed by atoms with Gasteiger partial charge < -0.3 is 9.47 Å². The Balaban J connectivity index is 1.83. The van der Waals surface area contributed by atoms with E-state index in [1.54, 1.807) is 7.11 Å². The second-order valence-corrected chi connectivity index (χ2v) is 4.01. The van der Waals surface area contributed by atoms with Gasteiger partial charge in [0.15, 0.2) is 0 Å². The van der Waals surface area contributed by atoms with Crippen LogP contribution in [0.15, 0.2) is 54.6 Å². The average Bonchev–Trinajstić information content (AvgIpc) is 2.47. The molecule has 2 aromatic carbocycles. The molecule has 0 heterocycles. The fourth-order valence-corrected chi connectivity index (χ4v) is 1.60. The minimum atomic E-state index is -0.345. The van der Waals surface area contributed by atoms with Gasteiger partial charge in [0.1, 0.15) is 12.4 Å². The molecule has 0 amide bonds. The van der Waals surface area contributed by atoms with Crippen LogP contribution in [-0.2, 0) is 16.1 Å². The summed E-state index contributed by atoms with van der Waals surface area (Å²) in [6.07, 6.45) is 1.48. The van der Waals surface area contributed by atoms with Crippen molar-refractivity contribution in [2.24, 2.45) is 0 Å². The Morgan fingerprint density at radius 2 is 1.74 bits per heavy atom. The molecule has 0 unspecified atom stereocenters. The van der Waals surface area contributed by atoms with Gasteiger partial charge in [-0.25, -0.2) is 0 Å². The molecule has 0 aliphatic rings. The lowest BCUT2D eigenvalue weighted by atomic mass is 10.1. The molecule has 1 radical (unpaired) electrons. The van der Waals surface area contributed by atoms with Crippen molar-refractivity contribution in [3.8, 4) is 5.75 Å². The minimum absolute atomic E-state index is 0.256. The van der Waals surface area contributed by atoms with E-state index in [4.69, 9.17) is 9.47 Å². The molecule has 0 fully saturated rings. The Morgan fingerprint density at radius 1 is 1.05 bits per heavy atom. The van der Waals surface area contributed by atoms with Crippen molar-refractivity contribution in [2.75, 3.05) is 7.11 Å². The zero-order chi connectivity index (χ0) is 13.5. The van der Waals surface area contributed by atoms with Gasteiger partial charge in [0.05, 0.1) is 13.5 Å². The predicted octanol–water partition coefficient (Wildman–Crippen LogP) is 2.99. The monoisotopic (exact) mass is 255 g/mol. The molecule has 0 aliphatic carbocycles. The summed E-state index contributed by atoms with van der Waals surface area (Å²) in [5.74, 6) is 0.438. The van der Waals surface area contributed by atoms with Crippen LogP contribution in [0.2, 0.25) is 0 Å². The zero-order valence-electron chi connectivity index (χ0n) is 10.7. The maximum atomic E-state index is 11.6. The first-order valence-corrected chi connectivity index (χ1v) is 5.97. The van der Waals surface area contributed by atoms with Crippen LogP contribution in [0.3, 0.4) is 0 Å². The number of hydrogen-bond acceptors (Lipinski definition) is 3. The van der Waals surface area contributed by atoms with Crippen LogP contribution >= 0.6 is 0 Å². The highest BCUT2D eigenvalue weighted by molar-refractivity contribution is 5.83. The molecule has 0 saturated heterocycles. The van der Waals surface area contributed by atoms with Crippen molar-refractivity contribution >= 4 is 5.97 Å². The highest BCUT2D eigenvalue weighted by atomic mass is 16.5. The molecule has 0 saturated carbocycles. The van der Waals surface area contributed by atoms with Crippen molar-refractivity contribution in [1.82, 2.24) is 0 Å². The highest BCUT2D eigenvalue weighted by Gasteiger charge is 2.05. The lowest BCUT2D eigenvalue weighted by molar-refractivity contribution is -0.140. The van der Waals surface area contributed by atoms with Crippen LogP contribution in [0.25, 0.3) is 0 Å². The van der Waals surface area contributed by atoms with Gasteiger partial charge in [0, 0.05) is 0 Å². The molecule has 19 heavy (non-hydrogen) atoms. The summed E-state index contributed by atoms with van der Waals surface area (Å²) in [6.45, 7) is 0.256. The van der Waals surface area contributed by atoms with Gasteiger partial charge in [-0.05, 0) is 23.3 Å². The van der Waals surface area contributed by atoms with Gasteiger partial charge >= 0.3 is 5.97 Å². The fourth-order valence-electron chi connectivity index (χ4n) is 1.60. The quantitative estimate of drug-likeness (QED) is 0.770. The first-order valence-electron chi connectivity index (χ1n) is 5.97. The molecule has 3 nitrogen and oxygen atoms in total. The molecule has 2 rings (SSSR count). The van der Waals surface area contributed by atoms with Crippen LogP contribution in [0.1, 0.15) is 11.1 Å². The molecule has 0 spiro atoms. The lowest BCUT2D eigenvalue weighted by Crippen LogP contribution is -2.05. The van der Waals surface area contributed by atoms with Crippen molar-refractivity contribution in [3.63, 3.8) is 0 Å². The van der Waals surface area contributed by atoms with E-state index in [2.05, 4.69) is 0 Å². The third-order valence-corrected chi connectivity index (χ3v) is 2.62. The SMILES string of the molecule is COc1ccc(COC(=O)[CH]c2ccccc2)cc1. The molecule has 0 aliphatic heterocycles. The molecule has 0 atom stereocenters. The summed E-state index contributed by atoms with van der Waals surface area (Å²) in [5.41, 5.74) is 1.76. The van der Waals surface area contributed by atoms with Gasteiger partial charge in [-0.2, -0.15) is 0 Å². The van der Waals surface area contributed by atoms with Crippen LogP contribution in [0, 0.1) is 6.42 Å². The van der Waals surface area contributed by atoms with E-state index in [-0.39, 0.29) is 12.6 Å². The molecular formula is C16H15O3. The zero-order valence-corrected chi connectivity index (χ0v) is 10.7. The Hall–Kier alpha value is -2.29. The first kappa shape index (κ1) is 13.1. The highest BCUT2D eigenvalue weighted by Crippen LogP contribution is 2.12. The van der Waals surface area contributed by atoms with Crippen molar-refractivity contribution < 1.29 is 14.3 Å². The normalized spacial score (nSPS) is 9.95. The largest absolute Gasteiger partial charge is 0.497 e. The first-order chi connectivity index (χ1) is 9.28. The maximum absolute atomic E-state index is 11.6. The second-order valence-electron chi connectivity index (χ2n) is 4.01. The Labute approximate surface area is 112 Å². The molecule has 97 valence electrons. The molecule has 0 N–H and O–H groups in total. The summed E-state index contributed by atoms with van der Waals surface area (Å²) >= 11 is 0. The number of rotatable bonds is 5. The van der Waals surface area contributed by atoms with E-state index in [1.807, 2.05) is 54.6 Å². The number of carbonyl (C=O) groups is 1. The standard InChI is InChI=1S/C16H15O3/c1-18-15-9-7-14(8-10-15)12-19-16(17)11-13-5-3-2-4-6-13/h2-11H,12H2,1H3. The Morgan fingerprint density at radius 3 is 2.37 bits per heavy atom. The van der Waals surface area contributed by atoms with Crippen LogP contribution < -0.4 is 4.74 Å². The predicted molar refractivity (Wildman–Crippen MR) is 72.6 cm³/mol. The number of hydrogen-bond donors (Lipinski definition) is 0. The summed E-state index contributed by atoms with van der Waals surface area (Å²) in [6, 6.07) is 16.8. The van der Waals surface area contributed by atoms with Crippen LogP contribution in [0.5, 0.6) is 5.75 Å². The molecule has 0 aromatic heterocycles. The third-order valence-electron chi connectivity index (χ3n) is 2.62. The fraction of sp³-hybridized carbons (Fsp3) is 0.125. The lowest BCUT2D eigenvalue weighted by Gasteiger charge is -2.05. The number of methoxy groups -OCH3 is 1. The maximum Gasteiger partial charge on any atom is 0.314 e. The van der Waals surface area contributed by atoms with E-state index >= 15 is 0 Å². The third kappa shape index (κ3) is 4.14. The number of carbonyl (C=O) groups excluding carboxylic acids is 1. The second kappa shape index (κ2) is 6.59. The molecule has 2 aromatic rings. The van der Waals surface area contributed by atoms with Gasteiger partial charge in [-0.15, -0.1) is 0 Å². The Kier molecular flexibility index (Phi) is 4.56. The minimum Gasteiger partial charge on any atom is -0.497 e. The van der Waals surface area contributed by atoms with Crippen molar-refractivity contribution in [1.29, 1.82) is 0 Å². The van der Waals surface area contributed by atoms with Gasteiger partial charge in [-0.1, -0.05) is 42.5 Å². The van der Waals surface area contributed by atoms with Gasteiger partial charge in [0.25, 0.3) is 0 Å². The molecule has 0 bridgehead atoms. The smallest absolute Gasteiger partial charge is 0.314 e. The van der Waals surface area contributed by atoms with Gasteiger partial charge in [0.2, 0.25) is 0 Å². The summed E-state index contributed by atoms with van der Waals surface area (Å²) in [5, 5.41) is 0. The number of esters is 1. The Bertz CT molecular complexity index is 517. The summed E-state index contributed by atoms with van der Waals surface area (Å²) in [4.78, 5) is 11.6. The average molecular weight is 255 g/mol. The summed E-state index contributed by atoms with van der Waals surface area (Å²) in [7, 11) is 1.61. The van der Waals surface area contributed by atoms with Crippen molar-refractivity contribution in [3.05, 3.63) is 72.1 Å². The number of benzene rings is 2. The van der Waals surface area contributed by atoms with E-state index in [0.717, 1.165) is 16.9 Å². The molecular weight excluding hydrogens is 240 g/mol.